The van der Waals surface area contributed by atoms with Gasteiger partial charge in [-0.2, -0.15) is 0 Å². The highest BCUT2D eigenvalue weighted by Gasteiger charge is 2.25. The molecule has 0 atom stereocenters. The van der Waals surface area contributed by atoms with E-state index in [0.29, 0.717) is 44.9 Å². The molecule has 0 spiro atoms. The minimum Gasteiger partial charge on any atom is -0.497 e. The zero-order valence-corrected chi connectivity index (χ0v) is 18.5. The number of rotatable bonds is 7. The van der Waals surface area contributed by atoms with Gasteiger partial charge in [0.05, 0.1) is 26.9 Å². The van der Waals surface area contributed by atoms with E-state index < -0.39 is 5.97 Å². The Kier molecular flexibility index (Phi) is 6.26. The van der Waals surface area contributed by atoms with E-state index in [1.54, 1.807) is 49.6 Å². The lowest BCUT2D eigenvalue weighted by molar-refractivity contribution is -0.134. The highest BCUT2D eigenvalue weighted by atomic mass is 16.5. The molecular weight excluding hydrogens is 420 g/mol. The van der Waals surface area contributed by atoms with Crippen LogP contribution in [0.15, 0.2) is 77.2 Å². The number of fused-ring (bicyclic) bond motifs is 1. The average molecular weight is 442 g/mol. The van der Waals surface area contributed by atoms with Crippen molar-refractivity contribution in [1.29, 1.82) is 0 Å². The first kappa shape index (κ1) is 21.9. The van der Waals surface area contributed by atoms with Gasteiger partial charge in [-0.25, -0.2) is 4.79 Å². The molecule has 0 saturated heterocycles. The molecule has 0 aliphatic heterocycles. The maximum Gasteiger partial charge on any atom is 0.330 e. The van der Waals surface area contributed by atoms with Gasteiger partial charge in [0.1, 0.15) is 11.5 Å². The van der Waals surface area contributed by atoms with Gasteiger partial charge in [-0.3, -0.25) is 4.79 Å². The maximum absolute atomic E-state index is 13.7. The molecule has 1 heterocycles. The van der Waals surface area contributed by atoms with E-state index in [9.17, 15) is 9.59 Å². The lowest BCUT2D eigenvalue weighted by atomic mass is 9.96. The van der Waals surface area contributed by atoms with E-state index in [-0.39, 0.29) is 5.78 Å². The molecule has 0 bridgehead atoms. The van der Waals surface area contributed by atoms with Gasteiger partial charge in [0.15, 0.2) is 17.1 Å². The first-order valence-corrected chi connectivity index (χ1v) is 10.2. The third-order valence-corrected chi connectivity index (χ3v) is 5.23. The van der Waals surface area contributed by atoms with Crippen molar-refractivity contribution in [2.24, 2.45) is 0 Å². The molecule has 1 aromatic heterocycles. The lowest BCUT2D eigenvalue weighted by Gasteiger charge is -2.06. The second-order valence-corrected chi connectivity index (χ2v) is 7.19. The maximum atomic E-state index is 13.7. The van der Waals surface area contributed by atoms with Crippen LogP contribution in [0.2, 0.25) is 0 Å². The molecule has 3 aromatic carbocycles. The summed E-state index contributed by atoms with van der Waals surface area (Å²) in [7, 11) is 4.41. The summed E-state index contributed by atoms with van der Waals surface area (Å²) >= 11 is 0. The standard InChI is InChI=1S/C27H22O6/c1-30-20-12-10-18(11-13-20)25(29)24-21-15-17(9-14-23(28)32-3)16-22(31-2)27(21)33-26(24)19-7-5-4-6-8-19/h4-16H,1-3H3/b14-9+. The van der Waals surface area contributed by atoms with Crippen LogP contribution in [0.25, 0.3) is 28.4 Å². The van der Waals surface area contributed by atoms with Crippen LogP contribution in [-0.4, -0.2) is 33.1 Å². The van der Waals surface area contributed by atoms with Crippen molar-refractivity contribution in [1.82, 2.24) is 0 Å². The summed E-state index contributed by atoms with van der Waals surface area (Å²) in [5, 5.41) is 0.582. The molecule has 33 heavy (non-hydrogen) atoms. The summed E-state index contributed by atoms with van der Waals surface area (Å²) < 4.78 is 21.6. The lowest BCUT2D eigenvalue weighted by Crippen LogP contribution is -2.02. The zero-order valence-electron chi connectivity index (χ0n) is 18.5. The van der Waals surface area contributed by atoms with Crippen LogP contribution in [0.1, 0.15) is 21.5 Å². The molecule has 0 radical (unpaired) electrons. The van der Waals surface area contributed by atoms with Crippen LogP contribution >= 0.6 is 0 Å². The Hall–Kier alpha value is -4.32. The van der Waals surface area contributed by atoms with Gasteiger partial charge in [-0.05, 0) is 48.0 Å². The van der Waals surface area contributed by atoms with E-state index in [2.05, 4.69) is 4.74 Å². The van der Waals surface area contributed by atoms with E-state index >= 15 is 0 Å². The third kappa shape index (κ3) is 4.36. The normalized spacial score (nSPS) is 11.0. The van der Waals surface area contributed by atoms with Crippen LogP contribution in [0, 0.1) is 0 Å². The topological polar surface area (TPSA) is 75.0 Å². The number of hydrogen-bond acceptors (Lipinski definition) is 6. The molecule has 0 aliphatic carbocycles. The van der Waals surface area contributed by atoms with Crippen molar-refractivity contribution in [3.8, 4) is 22.8 Å². The molecule has 0 N–H and O–H groups in total. The Morgan fingerprint density at radius 2 is 1.61 bits per heavy atom. The Morgan fingerprint density at radius 1 is 0.879 bits per heavy atom. The van der Waals surface area contributed by atoms with Gasteiger partial charge >= 0.3 is 5.97 Å². The molecule has 0 saturated carbocycles. The van der Waals surface area contributed by atoms with Crippen molar-refractivity contribution in [2.75, 3.05) is 21.3 Å². The third-order valence-electron chi connectivity index (χ3n) is 5.23. The van der Waals surface area contributed by atoms with Gasteiger partial charge in [0.25, 0.3) is 0 Å². The number of furan rings is 1. The van der Waals surface area contributed by atoms with Crippen molar-refractivity contribution in [3.05, 3.63) is 89.5 Å². The van der Waals surface area contributed by atoms with Crippen LogP contribution in [0.3, 0.4) is 0 Å². The SMILES string of the molecule is COC(=O)/C=C/c1cc(OC)c2oc(-c3ccccc3)c(C(=O)c3ccc(OC)cc3)c2c1. The summed E-state index contributed by atoms with van der Waals surface area (Å²) in [5.41, 5.74) is 2.77. The van der Waals surface area contributed by atoms with Crippen molar-refractivity contribution in [2.45, 2.75) is 0 Å². The Bertz CT molecular complexity index is 1330. The molecule has 6 heteroatoms. The predicted octanol–water partition coefficient (Wildman–Crippen LogP) is 5.53. The number of methoxy groups -OCH3 is 3. The molecule has 6 nitrogen and oxygen atoms in total. The number of ether oxygens (including phenoxy) is 3. The second kappa shape index (κ2) is 9.44. The summed E-state index contributed by atoms with van der Waals surface area (Å²) in [6.45, 7) is 0. The summed E-state index contributed by atoms with van der Waals surface area (Å²) in [6.07, 6.45) is 2.91. The number of carbonyl (C=O) groups excluding carboxylic acids is 2. The fraction of sp³-hybridized carbons (Fsp3) is 0.111. The molecule has 0 aliphatic rings. The van der Waals surface area contributed by atoms with E-state index in [1.165, 1.54) is 20.3 Å². The van der Waals surface area contributed by atoms with Gasteiger partial charge < -0.3 is 18.6 Å². The quantitative estimate of drug-likeness (QED) is 0.213. The fourth-order valence-corrected chi connectivity index (χ4v) is 3.58. The minimum absolute atomic E-state index is 0.202. The largest absolute Gasteiger partial charge is 0.497 e. The molecule has 4 rings (SSSR count). The van der Waals surface area contributed by atoms with E-state index in [1.807, 2.05) is 30.3 Å². The van der Waals surface area contributed by atoms with Crippen molar-refractivity contribution >= 4 is 28.8 Å². The van der Waals surface area contributed by atoms with Gasteiger partial charge in [0, 0.05) is 22.6 Å². The summed E-state index contributed by atoms with van der Waals surface area (Å²) in [4.78, 5) is 25.3. The number of ketones is 1. The molecule has 0 fully saturated rings. The van der Waals surface area contributed by atoms with Gasteiger partial charge in [0.2, 0.25) is 0 Å². The van der Waals surface area contributed by atoms with E-state index in [4.69, 9.17) is 13.9 Å². The Morgan fingerprint density at radius 3 is 2.24 bits per heavy atom. The summed E-state index contributed by atoms with van der Waals surface area (Å²) in [5.74, 6) is 0.859. The average Bonchev–Trinajstić information content (AvgIpc) is 3.26. The van der Waals surface area contributed by atoms with Crippen molar-refractivity contribution in [3.63, 3.8) is 0 Å². The first-order valence-electron chi connectivity index (χ1n) is 10.2. The van der Waals surface area contributed by atoms with Crippen LogP contribution < -0.4 is 9.47 Å². The highest BCUT2D eigenvalue weighted by molar-refractivity contribution is 6.20. The minimum atomic E-state index is -0.485. The fourth-order valence-electron chi connectivity index (χ4n) is 3.58. The smallest absolute Gasteiger partial charge is 0.330 e. The van der Waals surface area contributed by atoms with Crippen molar-refractivity contribution < 1.29 is 28.2 Å². The summed E-state index contributed by atoms with van der Waals surface area (Å²) in [6, 6.07) is 19.9. The Balaban J connectivity index is 1.96. The van der Waals surface area contributed by atoms with Crippen LogP contribution in [0.5, 0.6) is 11.5 Å². The van der Waals surface area contributed by atoms with Gasteiger partial charge in [-0.1, -0.05) is 30.3 Å². The molecule has 4 aromatic rings. The zero-order chi connectivity index (χ0) is 23.4. The van der Waals surface area contributed by atoms with Gasteiger partial charge in [-0.15, -0.1) is 0 Å². The second-order valence-electron chi connectivity index (χ2n) is 7.19. The Labute approximate surface area is 191 Å². The van der Waals surface area contributed by atoms with Crippen LogP contribution in [-0.2, 0) is 9.53 Å². The van der Waals surface area contributed by atoms with Crippen LogP contribution in [0.4, 0.5) is 0 Å². The number of esters is 1. The van der Waals surface area contributed by atoms with E-state index in [0.717, 1.165) is 5.56 Å². The molecular formula is C27H22O6. The predicted molar refractivity (Wildman–Crippen MR) is 126 cm³/mol. The monoisotopic (exact) mass is 442 g/mol. The highest BCUT2D eigenvalue weighted by Crippen LogP contribution is 2.40. The first-order chi connectivity index (χ1) is 16.0. The number of carbonyl (C=O) groups is 2. The number of benzene rings is 3. The molecule has 166 valence electrons. The number of hydrogen-bond donors (Lipinski definition) is 0. The molecule has 0 amide bonds. The molecule has 0 unspecified atom stereocenters.